The Morgan fingerprint density at radius 3 is 2.74 bits per heavy atom. The predicted molar refractivity (Wildman–Crippen MR) is 71.5 cm³/mol. The molecular weight excluding hydrogens is 247 g/mol. The number of aliphatic hydroxyl groups excluding tert-OH is 1. The number of amides is 2. The van der Waals surface area contributed by atoms with Gasteiger partial charge in [0.2, 0.25) is 0 Å². The number of carbonyl (C=O) groups excluding carboxylic acids is 1. The second kappa shape index (κ2) is 6.02. The van der Waals surface area contributed by atoms with Crippen LogP contribution in [0.15, 0.2) is 18.2 Å². The molecule has 5 heteroatoms. The van der Waals surface area contributed by atoms with Crippen LogP contribution in [0, 0.1) is 18.7 Å². The minimum atomic E-state index is -0.322. The molecule has 2 rings (SSSR count). The number of rotatable bonds is 2. The molecule has 104 valence electrons. The van der Waals surface area contributed by atoms with Gasteiger partial charge in [0.1, 0.15) is 5.82 Å². The molecule has 1 saturated heterocycles. The van der Waals surface area contributed by atoms with E-state index in [1.807, 2.05) is 0 Å². The largest absolute Gasteiger partial charge is 0.396 e. The first kappa shape index (κ1) is 13.8. The monoisotopic (exact) mass is 266 g/mol. The van der Waals surface area contributed by atoms with Crippen LogP contribution < -0.4 is 5.32 Å². The summed E-state index contributed by atoms with van der Waals surface area (Å²) in [6.45, 7) is 3.12. The average Bonchev–Trinajstić information content (AvgIpc) is 2.43. The van der Waals surface area contributed by atoms with Crippen molar-refractivity contribution in [1.82, 2.24) is 4.90 Å². The number of piperidine rings is 1. The first-order valence-corrected chi connectivity index (χ1v) is 6.53. The maximum absolute atomic E-state index is 13.4. The van der Waals surface area contributed by atoms with Gasteiger partial charge in [-0.05, 0) is 43.4 Å². The van der Waals surface area contributed by atoms with E-state index in [0.717, 1.165) is 12.8 Å². The van der Waals surface area contributed by atoms with Crippen LogP contribution in [0.25, 0.3) is 0 Å². The number of hydrogen-bond acceptors (Lipinski definition) is 2. The number of carbonyl (C=O) groups is 1. The second-order valence-electron chi connectivity index (χ2n) is 5.01. The van der Waals surface area contributed by atoms with Gasteiger partial charge in [0.05, 0.1) is 0 Å². The van der Waals surface area contributed by atoms with Crippen LogP contribution in [0.3, 0.4) is 0 Å². The first-order chi connectivity index (χ1) is 9.10. The summed E-state index contributed by atoms with van der Waals surface area (Å²) in [6, 6.07) is 4.45. The number of hydrogen-bond donors (Lipinski definition) is 2. The summed E-state index contributed by atoms with van der Waals surface area (Å²) in [6.07, 6.45) is 1.62. The molecule has 0 aliphatic carbocycles. The smallest absolute Gasteiger partial charge is 0.321 e. The van der Waals surface area contributed by atoms with Gasteiger partial charge in [0.25, 0.3) is 0 Å². The highest BCUT2D eigenvalue weighted by Gasteiger charge is 2.22. The van der Waals surface area contributed by atoms with Crippen molar-refractivity contribution in [3.63, 3.8) is 0 Å². The van der Waals surface area contributed by atoms with E-state index in [2.05, 4.69) is 5.32 Å². The number of benzene rings is 1. The van der Waals surface area contributed by atoms with Crippen molar-refractivity contribution >= 4 is 11.7 Å². The van der Waals surface area contributed by atoms with Gasteiger partial charge in [-0.1, -0.05) is 6.07 Å². The molecule has 4 nitrogen and oxygen atoms in total. The van der Waals surface area contributed by atoms with Crippen LogP contribution in [0.4, 0.5) is 14.9 Å². The quantitative estimate of drug-likeness (QED) is 0.863. The van der Waals surface area contributed by atoms with Crippen molar-refractivity contribution in [2.24, 2.45) is 5.92 Å². The maximum atomic E-state index is 13.4. The van der Waals surface area contributed by atoms with Crippen LogP contribution in [-0.4, -0.2) is 35.7 Å². The lowest BCUT2D eigenvalue weighted by Gasteiger charge is -2.31. The normalized spacial score (nSPS) is 16.5. The summed E-state index contributed by atoms with van der Waals surface area (Å²) in [5.74, 6) is -0.0299. The van der Waals surface area contributed by atoms with E-state index in [1.54, 1.807) is 24.0 Å². The Labute approximate surface area is 112 Å². The number of nitrogens with zero attached hydrogens (tertiary/aromatic N) is 1. The highest BCUT2D eigenvalue weighted by atomic mass is 19.1. The molecule has 0 atom stereocenters. The molecule has 1 fully saturated rings. The van der Waals surface area contributed by atoms with Crippen LogP contribution in [0.1, 0.15) is 18.4 Å². The molecule has 1 aliphatic heterocycles. The fourth-order valence-electron chi connectivity index (χ4n) is 2.19. The van der Waals surface area contributed by atoms with E-state index >= 15 is 0 Å². The van der Waals surface area contributed by atoms with E-state index in [4.69, 9.17) is 5.11 Å². The maximum Gasteiger partial charge on any atom is 0.321 e. The molecule has 0 bridgehead atoms. The van der Waals surface area contributed by atoms with Crippen molar-refractivity contribution in [2.75, 3.05) is 25.0 Å². The number of nitrogens with one attached hydrogen (secondary N) is 1. The minimum Gasteiger partial charge on any atom is -0.396 e. The van der Waals surface area contributed by atoms with Gasteiger partial charge in [0, 0.05) is 25.4 Å². The summed E-state index contributed by atoms with van der Waals surface area (Å²) >= 11 is 0. The number of aryl methyl sites for hydroxylation is 1. The molecule has 2 N–H and O–H groups in total. The number of aliphatic hydroxyl groups is 1. The van der Waals surface area contributed by atoms with Gasteiger partial charge >= 0.3 is 6.03 Å². The Hall–Kier alpha value is -1.62. The molecule has 19 heavy (non-hydrogen) atoms. The van der Waals surface area contributed by atoms with E-state index in [0.29, 0.717) is 30.3 Å². The number of urea groups is 1. The van der Waals surface area contributed by atoms with Gasteiger partial charge in [-0.3, -0.25) is 0 Å². The molecular formula is C14H19FN2O2. The van der Waals surface area contributed by atoms with E-state index in [-0.39, 0.29) is 18.5 Å². The lowest BCUT2D eigenvalue weighted by molar-refractivity contribution is 0.143. The van der Waals surface area contributed by atoms with E-state index < -0.39 is 0 Å². The van der Waals surface area contributed by atoms with Crippen LogP contribution in [0.5, 0.6) is 0 Å². The zero-order valence-electron chi connectivity index (χ0n) is 11.0. The Kier molecular flexibility index (Phi) is 4.37. The highest BCUT2D eigenvalue weighted by Crippen LogP contribution is 2.18. The molecule has 0 spiro atoms. The van der Waals surface area contributed by atoms with Crippen molar-refractivity contribution in [2.45, 2.75) is 19.8 Å². The SMILES string of the molecule is Cc1ccc(NC(=O)N2CCC(CO)CC2)cc1F. The van der Waals surface area contributed by atoms with E-state index in [9.17, 15) is 9.18 Å². The number of anilines is 1. The number of likely N-dealkylation sites (tertiary alicyclic amines) is 1. The first-order valence-electron chi connectivity index (χ1n) is 6.53. The Bertz CT molecular complexity index is 457. The standard InChI is InChI=1S/C14H19FN2O2/c1-10-2-3-12(8-13(10)15)16-14(19)17-6-4-11(9-18)5-7-17/h2-3,8,11,18H,4-7,9H2,1H3,(H,16,19). The average molecular weight is 266 g/mol. The summed E-state index contributed by atoms with van der Waals surface area (Å²) < 4.78 is 13.4. The van der Waals surface area contributed by atoms with Crippen molar-refractivity contribution in [1.29, 1.82) is 0 Å². The van der Waals surface area contributed by atoms with Gasteiger partial charge < -0.3 is 15.3 Å². The Morgan fingerprint density at radius 2 is 2.16 bits per heavy atom. The van der Waals surface area contributed by atoms with Gasteiger partial charge in [0.15, 0.2) is 0 Å². The van der Waals surface area contributed by atoms with Crippen molar-refractivity contribution in [3.05, 3.63) is 29.6 Å². The van der Waals surface area contributed by atoms with Gasteiger partial charge in [-0.15, -0.1) is 0 Å². The molecule has 1 aliphatic rings. The van der Waals surface area contributed by atoms with Gasteiger partial charge in [-0.2, -0.15) is 0 Å². The van der Waals surface area contributed by atoms with E-state index in [1.165, 1.54) is 6.07 Å². The molecule has 0 radical (unpaired) electrons. The topological polar surface area (TPSA) is 52.6 Å². The molecule has 1 heterocycles. The summed E-state index contributed by atoms with van der Waals surface area (Å²) in [5, 5.41) is 11.7. The third-order valence-electron chi connectivity index (χ3n) is 3.58. The fourth-order valence-corrected chi connectivity index (χ4v) is 2.19. The second-order valence-corrected chi connectivity index (χ2v) is 5.01. The third-order valence-corrected chi connectivity index (χ3v) is 3.58. The Balaban J connectivity index is 1.92. The summed E-state index contributed by atoms with van der Waals surface area (Å²) in [7, 11) is 0. The summed E-state index contributed by atoms with van der Waals surface area (Å²) in [5.41, 5.74) is 1.03. The molecule has 0 unspecified atom stereocenters. The zero-order chi connectivity index (χ0) is 13.8. The summed E-state index contributed by atoms with van der Waals surface area (Å²) in [4.78, 5) is 13.7. The molecule has 1 aromatic rings. The minimum absolute atomic E-state index is 0.179. The Morgan fingerprint density at radius 1 is 1.47 bits per heavy atom. The molecule has 2 amide bonds. The predicted octanol–water partition coefficient (Wildman–Crippen LogP) is 2.37. The molecule has 0 saturated carbocycles. The fraction of sp³-hybridized carbons (Fsp3) is 0.500. The van der Waals surface area contributed by atoms with Crippen LogP contribution in [-0.2, 0) is 0 Å². The zero-order valence-corrected chi connectivity index (χ0v) is 11.0. The lowest BCUT2D eigenvalue weighted by Crippen LogP contribution is -2.41. The van der Waals surface area contributed by atoms with Gasteiger partial charge in [-0.25, -0.2) is 9.18 Å². The van der Waals surface area contributed by atoms with Crippen LogP contribution in [0.2, 0.25) is 0 Å². The molecule has 0 aromatic heterocycles. The lowest BCUT2D eigenvalue weighted by atomic mass is 9.98. The third kappa shape index (κ3) is 3.44. The van der Waals surface area contributed by atoms with Crippen LogP contribution >= 0.6 is 0 Å². The molecule has 1 aromatic carbocycles. The van der Waals surface area contributed by atoms with Crippen molar-refractivity contribution in [3.8, 4) is 0 Å². The highest BCUT2D eigenvalue weighted by molar-refractivity contribution is 5.89. The number of halogens is 1. The van der Waals surface area contributed by atoms with Crippen molar-refractivity contribution < 1.29 is 14.3 Å².